The molecule has 2 aliphatic heterocycles. The molecule has 3 aliphatic rings. The van der Waals surface area contributed by atoms with E-state index in [0.717, 1.165) is 69.3 Å². The number of carbonyl (C=O) groups is 1. The summed E-state index contributed by atoms with van der Waals surface area (Å²) in [4.78, 5) is 27.4. The first-order valence-electron chi connectivity index (χ1n) is 12.6. The molecule has 2 fully saturated rings. The largest absolute Gasteiger partial charge is 0.354 e. The van der Waals surface area contributed by atoms with Crippen LogP contribution in [0.2, 0.25) is 0 Å². The number of piperazine rings is 1. The van der Waals surface area contributed by atoms with Gasteiger partial charge in [0, 0.05) is 56.9 Å². The van der Waals surface area contributed by atoms with Crippen LogP contribution in [0.15, 0.2) is 30.5 Å². The molecule has 172 valence electrons. The standard InChI is InChI=1S/C26H36N4OS/c31-26(24-18-22-9-3-1-2-4-10-23(22)32-24)30-13-7-8-21(20-30)19-28-14-16-29(17-15-28)25-11-5-6-12-27-25/h5-6,11-12,18,21H,1-4,7-10,13-17,19-20H2. The van der Waals surface area contributed by atoms with E-state index in [-0.39, 0.29) is 5.91 Å². The molecule has 0 saturated carbocycles. The number of thiophene rings is 1. The fraction of sp³-hybridized carbons (Fsp3) is 0.615. The molecular formula is C26H36N4OS. The van der Waals surface area contributed by atoms with E-state index in [1.807, 2.05) is 12.3 Å². The van der Waals surface area contributed by atoms with E-state index in [0.29, 0.717) is 5.92 Å². The summed E-state index contributed by atoms with van der Waals surface area (Å²) in [5.74, 6) is 1.97. The van der Waals surface area contributed by atoms with Crippen LogP contribution in [0.1, 0.15) is 58.6 Å². The SMILES string of the molecule is O=C(c1cc2c(s1)CCCCCC2)N1CCCC(CN2CCN(c3ccccn3)CC2)C1. The highest BCUT2D eigenvalue weighted by Crippen LogP contribution is 2.30. The molecule has 0 radical (unpaired) electrons. The van der Waals surface area contributed by atoms with Gasteiger partial charge in [0.2, 0.25) is 0 Å². The Labute approximate surface area is 196 Å². The Morgan fingerprint density at radius 3 is 2.66 bits per heavy atom. The first kappa shape index (κ1) is 21.9. The maximum Gasteiger partial charge on any atom is 0.263 e. The number of rotatable bonds is 4. The molecule has 32 heavy (non-hydrogen) atoms. The first-order valence-corrected chi connectivity index (χ1v) is 13.4. The van der Waals surface area contributed by atoms with E-state index in [1.165, 1.54) is 49.0 Å². The van der Waals surface area contributed by atoms with Crippen molar-refractivity contribution < 1.29 is 4.79 Å². The van der Waals surface area contributed by atoms with Gasteiger partial charge in [-0.1, -0.05) is 18.9 Å². The second-order valence-corrected chi connectivity index (χ2v) is 10.8. The van der Waals surface area contributed by atoms with Gasteiger partial charge in [-0.3, -0.25) is 9.69 Å². The van der Waals surface area contributed by atoms with Crippen molar-refractivity contribution in [3.8, 4) is 0 Å². The highest BCUT2D eigenvalue weighted by atomic mass is 32.1. The molecule has 0 bridgehead atoms. The Morgan fingerprint density at radius 2 is 1.84 bits per heavy atom. The summed E-state index contributed by atoms with van der Waals surface area (Å²) >= 11 is 1.78. The summed E-state index contributed by atoms with van der Waals surface area (Å²) in [5.41, 5.74) is 1.46. The van der Waals surface area contributed by atoms with Crippen LogP contribution in [0.25, 0.3) is 0 Å². The summed E-state index contributed by atoms with van der Waals surface area (Å²) in [6.45, 7) is 7.19. The number of piperidine rings is 1. The van der Waals surface area contributed by atoms with E-state index in [4.69, 9.17) is 0 Å². The molecule has 2 aromatic rings. The van der Waals surface area contributed by atoms with Crippen molar-refractivity contribution in [2.24, 2.45) is 5.92 Å². The predicted octanol–water partition coefficient (Wildman–Crippen LogP) is 4.48. The van der Waals surface area contributed by atoms with E-state index >= 15 is 0 Å². The van der Waals surface area contributed by atoms with Gasteiger partial charge in [-0.25, -0.2) is 4.98 Å². The lowest BCUT2D eigenvalue weighted by atomic mass is 9.96. The van der Waals surface area contributed by atoms with Crippen molar-refractivity contribution in [2.45, 2.75) is 51.4 Å². The Balaban J connectivity index is 1.15. The number of anilines is 1. The maximum atomic E-state index is 13.3. The van der Waals surface area contributed by atoms with Gasteiger partial charge in [-0.2, -0.15) is 0 Å². The second-order valence-electron chi connectivity index (χ2n) is 9.71. The Bertz CT molecular complexity index is 865. The second kappa shape index (κ2) is 10.3. The van der Waals surface area contributed by atoms with Gasteiger partial charge in [0.25, 0.3) is 5.91 Å². The number of hydrogen-bond acceptors (Lipinski definition) is 5. The Hall–Kier alpha value is -1.92. The third-order valence-electron chi connectivity index (χ3n) is 7.38. The molecule has 0 aromatic carbocycles. The van der Waals surface area contributed by atoms with E-state index < -0.39 is 0 Å². The van der Waals surface area contributed by atoms with Gasteiger partial charge in [-0.15, -0.1) is 11.3 Å². The number of hydrogen-bond donors (Lipinski definition) is 0. The van der Waals surface area contributed by atoms with Crippen molar-refractivity contribution in [3.63, 3.8) is 0 Å². The molecule has 1 unspecified atom stereocenters. The van der Waals surface area contributed by atoms with Crippen LogP contribution in [-0.4, -0.2) is 66.5 Å². The van der Waals surface area contributed by atoms with Crippen molar-refractivity contribution in [1.29, 1.82) is 0 Å². The highest BCUT2D eigenvalue weighted by molar-refractivity contribution is 7.14. The fourth-order valence-corrected chi connectivity index (χ4v) is 6.79. The smallest absolute Gasteiger partial charge is 0.263 e. The van der Waals surface area contributed by atoms with Crippen LogP contribution in [0.4, 0.5) is 5.82 Å². The monoisotopic (exact) mass is 452 g/mol. The zero-order chi connectivity index (χ0) is 21.8. The quantitative estimate of drug-likeness (QED) is 0.686. The predicted molar refractivity (Wildman–Crippen MR) is 132 cm³/mol. The lowest BCUT2D eigenvalue weighted by Gasteiger charge is -2.39. The number of pyridine rings is 1. The number of nitrogens with zero attached hydrogens (tertiary/aromatic N) is 4. The average Bonchev–Trinajstić information content (AvgIpc) is 3.21. The molecular weight excluding hydrogens is 416 g/mol. The minimum atomic E-state index is 0.284. The van der Waals surface area contributed by atoms with Gasteiger partial charge in [0.05, 0.1) is 4.88 Å². The van der Waals surface area contributed by atoms with Crippen LogP contribution in [-0.2, 0) is 12.8 Å². The van der Waals surface area contributed by atoms with Gasteiger partial charge >= 0.3 is 0 Å². The molecule has 4 heterocycles. The minimum Gasteiger partial charge on any atom is -0.354 e. The summed E-state index contributed by atoms with van der Waals surface area (Å²) < 4.78 is 0. The van der Waals surface area contributed by atoms with E-state index in [1.54, 1.807) is 11.3 Å². The summed E-state index contributed by atoms with van der Waals surface area (Å²) in [6, 6.07) is 8.37. The van der Waals surface area contributed by atoms with Crippen molar-refractivity contribution in [3.05, 3.63) is 45.8 Å². The third-order valence-corrected chi connectivity index (χ3v) is 8.60. The third kappa shape index (κ3) is 5.18. The van der Waals surface area contributed by atoms with Gasteiger partial charge in [0.15, 0.2) is 0 Å². The Morgan fingerprint density at radius 1 is 1.00 bits per heavy atom. The molecule has 2 saturated heterocycles. The van der Waals surface area contributed by atoms with Crippen molar-refractivity contribution >= 4 is 23.1 Å². The average molecular weight is 453 g/mol. The zero-order valence-corrected chi connectivity index (χ0v) is 20.0. The van der Waals surface area contributed by atoms with Gasteiger partial charge in [-0.05, 0) is 68.2 Å². The molecule has 5 rings (SSSR count). The number of aryl methyl sites for hydroxylation is 2. The topological polar surface area (TPSA) is 39.7 Å². The molecule has 1 amide bonds. The summed E-state index contributed by atoms with van der Waals surface area (Å²) in [7, 11) is 0. The van der Waals surface area contributed by atoms with Crippen molar-refractivity contribution in [1.82, 2.24) is 14.8 Å². The maximum absolute atomic E-state index is 13.3. The van der Waals surface area contributed by atoms with E-state index in [2.05, 4.69) is 37.9 Å². The number of fused-ring (bicyclic) bond motifs is 1. The van der Waals surface area contributed by atoms with Crippen LogP contribution in [0.5, 0.6) is 0 Å². The molecule has 0 spiro atoms. The number of amides is 1. The minimum absolute atomic E-state index is 0.284. The van der Waals surface area contributed by atoms with E-state index in [9.17, 15) is 4.79 Å². The van der Waals surface area contributed by atoms with Crippen LogP contribution < -0.4 is 4.90 Å². The van der Waals surface area contributed by atoms with Crippen LogP contribution in [0.3, 0.4) is 0 Å². The highest BCUT2D eigenvalue weighted by Gasteiger charge is 2.28. The molecule has 1 atom stereocenters. The fourth-order valence-electron chi connectivity index (χ4n) is 5.57. The number of aromatic nitrogens is 1. The zero-order valence-electron chi connectivity index (χ0n) is 19.2. The first-order chi connectivity index (χ1) is 15.8. The van der Waals surface area contributed by atoms with Gasteiger partial charge in [0.1, 0.15) is 5.82 Å². The Kier molecular flexibility index (Phi) is 7.08. The number of carbonyl (C=O) groups excluding carboxylic acids is 1. The summed E-state index contributed by atoms with van der Waals surface area (Å²) in [5, 5.41) is 0. The molecule has 2 aromatic heterocycles. The van der Waals surface area contributed by atoms with Gasteiger partial charge < -0.3 is 9.80 Å². The van der Waals surface area contributed by atoms with Crippen LogP contribution >= 0.6 is 11.3 Å². The summed E-state index contributed by atoms with van der Waals surface area (Å²) in [6.07, 6.45) is 11.8. The van der Waals surface area contributed by atoms with Crippen LogP contribution in [0, 0.1) is 5.92 Å². The lowest BCUT2D eigenvalue weighted by Crippen LogP contribution is -2.50. The molecule has 1 aliphatic carbocycles. The molecule has 6 heteroatoms. The lowest BCUT2D eigenvalue weighted by molar-refractivity contribution is 0.0642. The number of likely N-dealkylation sites (tertiary alicyclic amines) is 1. The normalized spacial score (nSPS) is 22.8. The molecule has 5 nitrogen and oxygen atoms in total. The molecule has 0 N–H and O–H groups in total. The van der Waals surface area contributed by atoms with Crippen molar-refractivity contribution in [2.75, 3.05) is 50.7 Å².